The number of hydrogen-bond acceptors (Lipinski definition) is 4. The predicted molar refractivity (Wildman–Crippen MR) is 82.5 cm³/mol. The molecule has 0 atom stereocenters. The molecule has 0 fully saturated rings. The van der Waals surface area contributed by atoms with Crippen molar-refractivity contribution in [2.45, 2.75) is 6.54 Å². The Morgan fingerprint density at radius 1 is 1.14 bits per heavy atom. The Labute approximate surface area is 125 Å². The normalized spacial score (nSPS) is 10.8. The molecule has 21 heavy (non-hydrogen) atoms. The molecule has 3 rings (SSSR count). The van der Waals surface area contributed by atoms with E-state index in [2.05, 4.69) is 4.98 Å². The maximum Gasteiger partial charge on any atom is 0.137 e. The van der Waals surface area contributed by atoms with Gasteiger partial charge in [0.25, 0.3) is 0 Å². The van der Waals surface area contributed by atoms with E-state index < -0.39 is 5.82 Å². The van der Waals surface area contributed by atoms with Gasteiger partial charge in [-0.2, -0.15) is 0 Å². The molecule has 5 heteroatoms. The Bertz CT molecular complexity index is 771. The molecular weight excluding hydrogens is 287 g/mol. The van der Waals surface area contributed by atoms with Crippen LogP contribution in [-0.2, 0) is 6.54 Å². The van der Waals surface area contributed by atoms with Crippen molar-refractivity contribution in [3.8, 4) is 26.8 Å². The van der Waals surface area contributed by atoms with Gasteiger partial charge in [-0.25, -0.2) is 9.37 Å². The van der Waals surface area contributed by atoms with Gasteiger partial charge in [0.1, 0.15) is 16.6 Å². The summed E-state index contributed by atoms with van der Waals surface area (Å²) in [5.74, 6) is -0.595. The van der Waals surface area contributed by atoms with Crippen LogP contribution in [0.25, 0.3) is 21.0 Å². The van der Waals surface area contributed by atoms with E-state index in [1.807, 2.05) is 30.3 Å². The Morgan fingerprint density at radius 3 is 2.57 bits per heavy atom. The lowest BCUT2D eigenvalue weighted by atomic mass is 10.1. The fraction of sp³-hybridized carbons (Fsp3) is 0.0625. The standard InChI is InChI=1S/C16H13FN2OS/c17-13-8-11(20)6-7-12(13)16-19-14(9-18)15(21-16)10-4-2-1-3-5-10/h1-8,20H,9,18H2. The van der Waals surface area contributed by atoms with Crippen molar-refractivity contribution in [2.24, 2.45) is 5.73 Å². The first kappa shape index (κ1) is 13.7. The lowest BCUT2D eigenvalue weighted by Gasteiger charge is -1.99. The van der Waals surface area contributed by atoms with Gasteiger partial charge in [0.05, 0.1) is 10.6 Å². The quantitative estimate of drug-likeness (QED) is 0.774. The van der Waals surface area contributed by atoms with Gasteiger partial charge in [-0.15, -0.1) is 11.3 Å². The third kappa shape index (κ3) is 2.66. The SMILES string of the molecule is NCc1nc(-c2ccc(O)cc2F)sc1-c1ccccc1. The fourth-order valence-corrected chi connectivity index (χ4v) is 3.22. The monoisotopic (exact) mass is 300 g/mol. The topological polar surface area (TPSA) is 59.1 Å². The third-order valence-electron chi connectivity index (χ3n) is 3.11. The van der Waals surface area contributed by atoms with Crippen LogP contribution in [0.15, 0.2) is 48.5 Å². The zero-order valence-corrected chi connectivity index (χ0v) is 11.9. The second-order valence-corrected chi connectivity index (χ2v) is 5.53. The highest BCUT2D eigenvalue weighted by Crippen LogP contribution is 2.36. The minimum Gasteiger partial charge on any atom is -0.508 e. The van der Waals surface area contributed by atoms with E-state index in [0.717, 1.165) is 22.2 Å². The lowest BCUT2D eigenvalue weighted by molar-refractivity contribution is 0.469. The molecule has 0 aliphatic heterocycles. The molecule has 0 unspecified atom stereocenters. The van der Waals surface area contributed by atoms with Crippen LogP contribution < -0.4 is 5.73 Å². The molecule has 3 nitrogen and oxygen atoms in total. The molecule has 1 heterocycles. The van der Waals surface area contributed by atoms with Crippen molar-refractivity contribution in [3.63, 3.8) is 0 Å². The molecule has 0 saturated heterocycles. The maximum absolute atomic E-state index is 14.0. The van der Waals surface area contributed by atoms with E-state index in [1.54, 1.807) is 0 Å². The summed E-state index contributed by atoms with van der Waals surface area (Å²) in [4.78, 5) is 5.38. The number of aromatic hydroxyl groups is 1. The number of phenolic OH excluding ortho intramolecular Hbond substituents is 1. The summed E-state index contributed by atoms with van der Waals surface area (Å²) in [6, 6.07) is 13.8. The smallest absolute Gasteiger partial charge is 0.137 e. The van der Waals surface area contributed by atoms with Crippen molar-refractivity contribution in [3.05, 3.63) is 60.0 Å². The molecule has 106 valence electrons. The Balaban J connectivity index is 2.12. The van der Waals surface area contributed by atoms with Gasteiger partial charge >= 0.3 is 0 Å². The second kappa shape index (κ2) is 5.63. The van der Waals surface area contributed by atoms with Gasteiger partial charge in [-0.3, -0.25) is 0 Å². The van der Waals surface area contributed by atoms with E-state index in [-0.39, 0.29) is 5.75 Å². The molecule has 0 radical (unpaired) electrons. The van der Waals surface area contributed by atoms with Crippen molar-refractivity contribution in [1.29, 1.82) is 0 Å². The number of phenols is 1. The fourth-order valence-electron chi connectivity index (χ4n) is 2.10. The molecule has 0 amide bonds. The number of rotatable bonds is 3. The summed E-state index contributed by atoms with van der Waals surface area (Å²) in [5.41, 5.74) is 7.88. The first-order valence-electron chi connectivity index (χ1n) is 6.43. The van der Waals surface area contributed by atoms with Gasteiger partial charge in [-0.05, 0) is 17.7 Å². The summed E-state index contributed by atoms with van der Waals surface area (Å²) < 4.78 is 14.0. The van der Waals surface area contributed by atoms with Crippen molar-refractivity contribution < 1.29 is 9.50 Å². The second-order valence-electron chi connectivity index (χ2n) is 4.53. The van der Waals surface area contributed by atoms with Crippen molar-refractivity contribution >= 4 is 11.3 Å². The molecule has 1 aromatic heterocycles. The van der Waals surface area contributed by atoms with Gasteiger partial charge < -0.3 is 10.8 Å². The van der Waals surface area contributed by atoms with E-state index in [0.29, 0.717) is 17.1 Å². The highest BCUT2D eigenvalue weighted by Gasteiger charge is 2.15. The van der Waals surface area contributed by atoms with E-state index in [1.165, 1.54) is 23.5 Å². The zero-order chi connectivity index (χ0) is 14.8. The zero-order valence-electron chi connectivity index (χ0n) is 11.1. The van der Waals surface area contributed by atoms with Crippen molar-refractivity contribution in [2.75, 3.05) is 0 Å². The molecule has 3 aromatic rings. The van der Waals surface area contributed by atoms with Crippen LogP contribution >= 0.6 is 11.3 Å². The summed E-state index contributed by atoms with van der Waals surface area (Å²) in [6.07, 6.45) is 0. The molecule has 0 saturated carbocycles. The van der Waals surface area contributed by atoms with Crippen LogP contribution in [-0.4, -0.2) is 10.1 Å². The number of nitrogens with zero attached hydrogens (tertiary/aromatic N) is 1. The molecule has 0 spiro atoms. The van der Waals surface area contributed by atoms with Crippen molar-refractivity contribution in [1.82, 2.24) is 4.98 Å². The largest absolute Gasteiger partial charge is 0.508 e. The van der Waals surface area contributed by atoms with E-state index in [4.69, 9.17) is 5.73 Å². The van der Waals surface area contributed by atoms with Gasteiger partial charge in [0.2, 0.25) is 0 Å². The minimum absolute atomic E-state index is 0.102. The Kier molecular flexibility index (Phi) is 3.68. The highest BCUT2D eigenvalue weighted by atomic mass is 32.1. The molecule has 0 bridgehead atoms. The summed E-state index contributed by atoms with van der Waals surface area (Å²) in [7, 11) is 0. The number of halogens is 1. The highest BCUT2D eigenvalue weighted by molar-refractivity contribution is 7.18. The van der Waals surface area contributed by atoms with Crippen LogP contribution in [0, 0.1) is 5.82 Å². The van der Waals surface area contributed by atoms with E-state index in [9.17, 15) is 9.50 Å². The minimum atomic E-state index is -0.494. The first-order valence-corrected chi connectivity index (χ1v) is 7.25. The lowest BCUT2D eigenvalue weighted by Crippen LogP contribution is -1.98. The van der Waals surface area contributed by atoms with Crippen LogP contribution in [0.5, 0.6) is 5.75 Å². The van der Waals surface area contributed by atoms with Crippen LogP contribution in [0.3, 0.4) is 0 Å². The summed E-state index contributed by atoms with van der Waals surface area (Å²) >= 11 is 1.40. The van der Waals surface area contributed by atoms with Gasteiger partial charge in [0, 0.05) is 18.2 Å². The average molecular weight is 300 g/mol. The molecule has 2 aromatic carbocycles. The summed E-state index contributed by atoms with van der Waals surface area (Å²) in [6.45, 7) is 0.292. The molecule has 0 aliphatic rings. The van der Waals surface area contributed by atoms with Gasteiger partial charge in [0.15, 0.2) is 0 Å². The molecule has 3 N–H and O–H groups in total. The number of benzene rings is 2. The molecule has 0 aliphatic carbocycles. The van der Waals surface area contributed by atoms with Gasteiger partial charge in [-0.1, -0.05) is 30.3 Å². The third-order valence-corrected chi connectivity index (χ3v) is 4.29. The number of aromatic nitrogens is 1. The summed E-state index contributed by atoms with van der Waals surface area (Å²) in [5, 5.41) is 9.85. The Morgan fingerprint density at radius 2 is 1.90 bits per heavy atom. The Hall–Kier alpha value is -2.24. The first-order chi connectivity index (χ1) is 10.2. The van der Waals surface area contributed by atoms with E-state index >= 15 is 0 Å². The number of thiazole rings is 1. The van der Waals surface area contributed by atoms with Crippen LogP contribution in [0.4, 0.5) is 4.39 Å². The predicted octanol–water partition coefficient (Wildman–Crippen LogP) is 3.78. The van der Waals surface area contributed by atoms with Crippen LogP contribution in [0.1, 0.15) is 5.69 Å². The number of nitrogens with two attached hydrogens (primary N) is 1. The maximum atomic E-state index is 14.0. The van der Waals surface area contributed by atoms with Crippen LogP contribution in [0.2, 0.25) is 0 Å². The number of hydrogen-bond donors (Lipinski definition) is 2. The average Bonchev–Trinajstić information content (AvgIpc) is 2.92. The molecular formula is C16H13FN2OS.